The standard InChI is InChI=1S/C9H21NO3/c1-8(2)13-6-5-12-4-3-9(11)7-10/h8-9,11H,3-7,10H2,1-2H3. The minimum atomic E-state index is -0.439. The Hall–Kier alpha value is -0.160. The van der Waals surface area contributed by atoms with E-state index in [-0.39, 0.29) is 6.10 Å². The fourth-order valence-electron chi connectivity index (χ4n) is 0.782. The highest BCUT2D eigenvalue weighted by molar-refractivity contribution is 4.53. The van der Waals surface area contributed by atoms with Gasteiger partial charge in [0.05, 0.1) is 25.4 Å². The number of rotatable bonds is 8. The highest BCUT2D eigenvalue weighted by Crippen LogP contribution is 1.91. The van der Waals surface area contributed by atoms with Crippen molar-refractivity contribution in [3.63, 3.8) is 0 Å². The molecule has 4 heteroatoms. The van der Waals surface area contributed by atoms with Gasteiger partial charge in [-0.1, -0.05) is 0 Å². The molecule has 0 saturated carbocycles. The van der Waals surface area contributed by atoms with Crippen LogP contribution in [0.2, 0.25) is 0 Å². The molecule has 0 aliphatic heterocycles. The molecule has 0 bridgehead atoms. The summed E-state index contributed by atoms with van der Waals surface area (Å²) in [6, 6.07) is 0. The van der Waals surface area contributed by atoms with Crippen LogP contribution in [0.4, 0.5) is 0 Å². The minimum Gasteiger partial charge on any atom is -0.392 e. The van der Waals surface area contributed by atoms with Crippen molar-refractivity contribution in [3.8, 4) is 0 Å². The van der Waals surface area contributed by atoms with Crippen LogP contribution < -0.4 is 5.73 Å². The fourth-order valence-corrected chi connectivity index (χ4v) is 0.782. The van der Waals surface area contributed by atoms with Gasteiger partial charge >= 0.3 is 0 Å². The van der Waals surface area contributed by atoms with E-state index in [4.69, 9.17) is 20.3 Å². The number of hydrogen-bond donors (Lipinski definition) is 2. The molecule has 0 aromatic carbocycles. The number of hydrogen-bond acceptors (Lipinski definition) is 4. The van der Waals surface area contributed by atoms with Crippen molar-refractivity contribution in [1.29, 1.82) is 0 Å². The SMILES string of the molecule is CC(C)OCCOCCC(O)CN. The Morgan fingerprint density at radius 3 is 2.46 bits per heavy atom. The number of nitrogens with two attached hydrogens (primary N) is 1. The molecule has 0 radical (unpaired) electrons. The summed E-state index contributed by atoms with van der Waals surface area (Å²) < 4.78 is 10.5. The van der Waals surface area contributed by atoms with E-state index in [1.54, 1.807) is 0 Å². The van der Waals surface area contributed by atoms with E-state index in [0.29, 0.717) is 32.8 Å². The molecular formula is C9H21NO3. The van der Waals surface area contributed by atoms with Crippen molar-refractivity contribution in [1.82, 2.24) is 0 Å². The first-order chi connectivity index (χ1) is 6.16. The van der Waals surface area contributed by atoms with E-state index in [1.165, 1.54) is 0 Å². The van der Waals surface area contributed by atoms with Gasteiger partial charge in [-0.15, -0.1) is 0 Å². The quantitative estimate of drug-likeness (QED) is 0.536. The third-order valence-electron chi connectivity index (χ3n) is 1.55. The van der Waals surface area contributed by atoms with Gasteiger partial charge in [0.15, 0.2) is 0 Å². The summed E-state index contributed by atoms with van der Waals surface area (Å²) in [7, 11) is 0. The lowest BCUT2D eigenvalue weighted by Gasteiger charge is -2.09. The van der Waals surface area contributed by atoms with Crippen LogP contribution in [0.5, 0.6) is 0 Å². The van der Waals surface area contributed by atoms with Crippen LogP contribution in [-0.2, 0) is 9.47 Å². The fraction of sp³-hybridized carbons (Fsp3) is 1.00. The average molecular weight is 191 g/mol. The zero-order valence-corrected chi connectivity index (χ0v) is 8.53. The molecule has 3 N–H and O–H groups in total. The van der Waals surface area contributed by atoms with E-state index < -0.39 is 6.10 Å². The van der Waals surface area contributed by atoms with E-state index in [2.05, 4.69) is 0 Å². The lowest BCUT2D eigenvalue weighted by Crippen LogP contribution is -2.21. The van der Waals surface area contributed by atoms with Gasteiger partial charge in [-0.3, -0.25) is 0 Å². The van der Waals surface area contributed by atoms with Crippen LogP contribution >= 0.6 is 0 Å². The number of aliphatic hydroxyl groups is 1. The summed E-state index contributed by atoms with van der Waals surface area (Å²) in [4.78, 5) is 0. The predicted molar refractivity (Wildman–Crippen MR) is 51.6 cm³/mol. The molecule has 0 spiro atoms. The van der Waals surface area contributed by atoms with Crippen LogP contribution in [0.15, 0.2) is 0 Å². The summed E-state index contributed by atoms with van der Waals surface area (Å²) in [6.07, 6.45) is 0.405. The van der Waals surface area contributed by atoms with Crippen LogP contribution in [0.1, 0.15) is 20.3 Å². The van der Waals surface area contributed by atoms with Gasteiger partial charge in [0.25, 0.3) is 0 Å². The van der Waals surface area contributed by atoms with E-state index in [0.717, 1.165) is 0 Å². The summed E-state index contributed by atoms with van der Waals surface area (Å²) >= 11 is 0. The molecule has 0 aliphatic rings. The van der Waals surface area contributed by atoms with Crippen LogP contribution in [0, 0.1) is 0 Å². The van der Waals surface area contributed by atoms with Crippen molar-refractivity contribution in [2.45, 2.75) is 32.5 Å². The third kappa shape index (κ3) is 9.76. The summed E-state index contributed by atoms with van der Waals surface area (Å²) in [6.45, 7) is 5.99. The molecule has 1 unspecified atom stereocenters. The first-order valence-corrected chi connectivity index (χ1v) is 4.74. The van der Waals surface area contributed by atoms with E-state index in [9.17, 15) is 0 Å². The molecular weight excluding hydrogens is 170 g/mol. The van der Waals surface area contributed by atoms with E-state index >= 15 is 0 Å². The minimum absolute atomic E-state index is 0.248. The zero-order valence-electron chi connectivity index (χ0n) is 8.53. The van der Waals surface area contributed by atoms with Gasteiger partial charge in [-0.25, -0.2) is 0 Å². The first-order valence-electron chi connectivity index (χ1n) is 4.74. The molecule has 80 valence electrons. The second kappa shape index (κ2) is 8.44. The monoisotopic (exact) mass is 191 g/mol. The maximum absolute atomic E-state index is 9.07. The Bertz CT molecular complexity index is 109. The number of ether oxygens (including phenoxy) is 2. The van der Waals surface area contributed by atoms with E-state index in [1.807, 2.05) is 13.8 Å². The highest BCUT2D eigenvalue weighted by atomic mass is 16.5. The van der Waals surface area contributed by atoms with Crippen LogP contribution in [0.3, 0.4) is 0 Å². The topological polar surface area (TPSA) is 64.7 Å². The van der Waals surface area contributed by atoms with Crippen molar-refractivity contribution >= 4 is 0 Å². The van der Waals surface area contributed by atoms with Gasteiger partial charge in [-0.2, -0.15) is 0 Å². The smallest absolute Gasteiger partial charge is 0.0703 e. The Labute approximate surface area is 80.0 Å². The van der Waals surface area contributed by atoms with Gasteiger partial charge < -0.3 is 20.3 Å². The number of aliphatic hydroxyl groups excluding tert-OH is 1. The Morgan fingerprint density at radius 2 is 1.92 bits per heavy atom. The lowest BCUT2D eigenvalue weighted by molar-refractivity contribution is 0.0111. The zero-order chi connectivity index (χ0) is 10.1. The van der Waals surface area contributed by atoms with Crippen molar-refractivity contribution in [2.75, 3.05) is 26.4 Å². The van der Waals surface area contributed by atoms with Crippen LogP contribution in [-0.4, -0.2) is 43.7 Å². The second-order valence-corrected chi connectivity index (χ2v) is 3.21. The van der Waals surface area contributed by atoms with Gasteiger partial charge in [0.1, 0.15) is 0 Å². The van der Waals surface area contributed by atoms with Gasteiger partial charge in [0.2, 0.25) is 0 Å². The summed E-state index contributed by atoms with van der Waals surface area (Å²) in [5.41, 5.74) is 5.22. The first kappa shape index (κ1) is 12.8. The molecule has 0 aromatic heterocycles. The molecule has 0 saturated heterocycles. The molecule has 0 aromatic rings. The molecule has 0 amide bonds. The molecule has 13 heavy (non-hydrogen) atoms. The van der Waals surface area contributed by atoms with Crippen molar-refractivity contribution < 1.29 is 14.6 Å². The molecule has 0 heterocycles. The van der Waals surface area contributed by atoms with Crippen molar-refractivity contribution in [2.24, 2.45) is 5.73 Å². The largest absolute Gasteiger partial charge is 0.392 e. The molecule has 0 aliphatic carbocycles. The molecule has 0 rings (SSSR count). The Kier molecular flexibility index (Phi) is 8.33. The predicted octanol–water partition coefficient (Wildman–Crippen LogP) is 0.138. The van der Waals surface area contributed by atoms with Gasteiger partial charge in [-0.05, 0) is 20.3 Å². The molecule has 0 fully saturated rings. The van der Waals surface area contributed by atoms with Crippen molar-refractivity contribution in [3.05, 3.63) is 0 Å². The molecule has 4 nitrogen and oxygen atoms in total. The normalized spacial score (nSPS) is 13.6. The highest BCUT2D eigenvalue weighted by Gasteiger charge is 2.00. The lowest BCUT2D eigenvalue weighted by atomic mass is 10.3. The van der Waals surface area contributed by atoms with Crippen LogP contribution in [0.25, 0.3) is 0 Å². The summed E-state index contributed by atoms with van der Waals surface area (Å²) in [5.74, 6) is 0. The van der Waals surface area contributed by atoms with Gasteiger partial charge in [0, 0.05) is 13.2 Å². The Morgan fingerprint density at radius 1 is 1.23 bits per heavy atom. The second-order valence-electron chi connectivity index (χ2n) is 3.21. The maximum atomic E-state index is 9.07. The average Bonchev–Trinajstić information content (AvgIpc) is 2.10. The Balaban J connectivity index is 2.99. The maximum Gasteiger partial charge on any atom is 0.0703 e. The third-order valence-corrected chi connectivity index (χ3v) is 1.55. The summed E-state index contributed by atoms with van der Waals surface area (Å²) in [5, 5.41) is 9.07. The molecule has 1 atom stereocenters.